The lowest BCUT2D eigenvalue weighted by molar-refractivity contribution is -0.122. The Balaban J connectivity index is 0.00000289. The van der Waals surface area contributed by atoms with Crippen molar-refractivity contribution in [3.05, 3.63) is 35.4 Å². The summed E-state index contributed by atoms with van der Waals surface area (Å²) in [7, 11) is 0. The molecule has 0 bridgehead atoms. The van der Waals surface area contributed by atoms with Crippen LogP contribution in [0.2, 0.25) is 0 Å². The lowest BCUT2D eigenvalue weighted by Gasteiger charge is -2.19. The number of halogens is 3. The first-order valence-electron chi connectivity index (χ1n) is 5.46. The number of carbonyl (C=O) groups excluding carboxylic acids is 1. The molecule has 1 rings (SSSR count). The molecule has 102 valence electrons. The highest BCUT2D eigenvalue weighted by atomic mass is 35.5. The maximum atomic E-state index is 13.5. The SMILES string of the molecule is CCC(NC(=O)[C@@H](C)N)c1ccc(F)cc1F.Cl. The Morgan fingerprint density at radius 1 is 1.44 bits per heavy atom. The summed E-state index contributed by atoms with van der Waals surface area (Å²) in [5.74, 6) is -1.66. The standard InChI is InChI=1S/C12H16F2N2O.ClH/c1-3-11(16-12(17)7(2)15)9-5-4-8(13)6-10(9)14;/h4-7,11H,3,15H2,1-2H3,(H,16,17);1H/t7-,11?;/m1./s1. The van der Waals surface area contributed by atoms with Crippen LogP contribution in [0.5, 0.6) is 0 Å². The van der Waals surface area contributed by atoms with Crippen LogP contribution in [-0.2, 0) is 4.79 Å². The normalized spacial score (nSPS) is 13.4. The van der Waals surface area contributed by atoms with Crippen molar-refractivity contribution in [2.45, 2.75) is 32.4 Å². The van der Waals surface area contributed by atoms with E-state index in [1.807, 2.05) is 0 Å². The lowest BCUT2D eigenvalue weighted by Crippen LogP contribution is -2.40. The third-order valence-electron chi connectivity index (χ3n) is 2.48. The topological polar surface area (TPSA) is 55.1 Å². The number of benzene rings is 1. The molecule has 0 saturated heterocycles. The molecule has 0 aliphatic carbocycles. The molecule has 0 saturated carbocycles. The Morgan fingerprint density at radius 2 is 2.06 bits per heavy atom. The molecule has 0 aliphatic heterocycles. The molecule has 1 aromatic carbocycles. The van der Waals surface area contributed by atoms with Gasteiger partial charge in [0.25, 0.3) is 0 Å². The van der Waals surface area contributed by atoms with Crippen molar-refractivity contribution < 1.29 is 13.6 Å². The second kappa shape index (κ2) is 7.28. The van der Waals surface area contributed by atoms with E-state index in [0.29, 0.717) is 6.42 Å². The largest absolute Gasteiger partial charge is 0.348 e. The van der Waals surface area contributed by atoms with Crippen molar-refractivity contribution in [2.75, 3.05) is 0 Å². The molecule has 2 atom stereocenters. The Morgan fingerprint density at radius 3 is 2.50 bits per heavy atom. The quantitative estimate of drug-likeness (QED) is 0.888. The van der Waals surface area contributed by atoms with E-state index in [2.05, 4.69) is 5.32 Å². The Labute approximate surface area is 111 Å². The zero-order valence-electron chi connectivity index (χ0n) is 10.2. The fourth-order valence-electron chi connectivity index (χ4n) is 1.49. The van der Waals surface area contributed by atoms with Gasteiger partial charge < -0.3 is 11.1 Å². The van der Waals surface area contributed by atoms with Crippen molar-refractivity contribution in [3.63, 3.8) is 0 Å². The molecule has 6 heteroatoms. The van der Waals surface area contributed by atoms with E-state index in [0.717, 1.165) is 6.07 Å². The van der Waals surface area contributed by atoms with Crippen molar-refractivity contribution in [2.24, 2.45) is 5.73 Å². The van der Waals surface area contributed by atoms with Gasteiger partial charge in [-0.2, -0.15) is 0 Å². The van der Waals surface area contributed by atoms with Gasteiger partial charge in [-0.15, -0.1) is 12.4 Å². The number of carbonyl (C=O) groups is 1. The van der Waals surface area contributed by atoms with Gasteiger partial charge in [0.1, 0.15) is 11.6 Å². The summed E-state index contributed by atoms with van der Waals surface area (Å²) < 4.78 is 26.3. The van der Waals surface area contributed by atoms with Gasteiger partial charge in [-0.05, 0) is 19.4 Å². The van der Waals surface area contributed by atoms with Crippen LogP contribution in [0.15, 0.2) is 18.2 Å². The predicted molar refractivity (Wildman–Crippen MR) is 68.4 cm³/mol. The van der Waals surface area contributed by atoms with E-state index in [1.165, 1.54) is 12.1 Å². The molecule has 1 aromatic rings. The van der Waals surface area contributed by atoms with Gasteiger partial charge in [0, 0.05) is 11.6 Å². The fourth-order valence-corrected chi connectivity index (χ4v) is 1.49. The van der Waals surface area contributed by atoms with Gasteiger partial charge in [0.05, 0.1) is 12.1 Å². The number of hydrogen-bond donors (Lipinski definition) is 2. The summed E-state index contributed by atoms with van der Waals surface area (Å²) in [5.41, 5.74) is 5.68. The summed E-state index contributed by atoms with van der Waals surface area (Å²) in [6.07, 6.45) is 0.501. The van der Waals surface area contributed by atoms with Crippen molar-refractivity contribution in [1.29, 1.82) is 0 Å². The molecule has 0 aromatic heterocycles. The van der Waals surface area contributed by atoms with Gasteiger partial charge in [0.2, 0.25) is 5.91 Å². The average molecular weight is 279 g/mol. The minimum Gasteiger partial charge on any atom is -0.348 e. The van der Waals surface area contributed by atoms with E-state index in [1.54, 1.807) is 13.8 Å². The fraction of sp³-hybridized carbons (Fsp3) is 0.417. The first kappa shape index (κ1) is 16.8. The molecule has 3 N–H and O–H groups in total. The van der Waals surface area contributed by atoms with Crippen molar-refractivity contribution >= 4 is 18.3 Å². The van der Waals surface area contributed by atoms with E-state index in [4.69, 9.17) is 5.73 Å². The molecule has 3 nitrogen and oxygen atoms in total. The summed E-state index contributed by atoms with van der Waals surface area (Å²) in [6.45, 7) is 3.35. The molecule has 0 radical (unpaired) electrons. The Hall–Kier alpha value is -1.20. The molecule has 18 heavy (non-hydrogen) atoms. The summed E-state index contributed by atoms with van der Waals surface area (Å²) in [4.78, 5) is 11.4. The molecule has 0 fully saturated rings. The van der Waals surface area contributed by atoms with E-state index >= 15 is 0 Å². The van der Waals surface area contributed by atoms with Crippen LogP contribution in [-0.4, -0.2) is 11.9 Å². The number of nitrogens with one attached hydrogen (secondary N) is 1. The first-order chi connectivity index (χ1) is 7.95. The van der Waals surface area contributed by atoms with Gasteiger partial charge >= 0.3 is 0 Å². The average Bonchev–Trinajstić information content (AvgIpc) is 2.26. The number of rotatable bonds is 4. The van der Waals surface area contributed by atoms with Gasteiger partial charge in [-0.25, -0.2) is 8.78 Å². The molecular weight excluding hydrogens is 262 g/mol. The molecule has 0 heterocycles. The summed E-state index contributed by atoms with van der Waals surface area (Å²) in [5, 5.41) is 2.62. The molecule has 0 spiro atoms. The zero-order chi connectivity index (χ0) is 13.0. The predicted octanol–water partition coefficient (Wildman–Crippen LogP) is 2.30. The van der Waals surface area contributed by atoms with Crippen molar-refractivity contribution in [1.82, 2.24) is 5.32 Å². The number of nitrogens with two attached hydrogens (primary N) is 1. The number of hydrogen-bond acceptors (Lipinski definition) is 2. The van der Waals surface area contributed by atoms with Crippen LogP contribution < -0.4 is 11.1 Å². The molecule has 1 amide bonds. The highest BCUT2D eigenvalue weighted by molar-refractivity contribution is 5.85. The van der Waals surface area contributed by atoms with Gasteiger partial charge in [-0.1, -0.05) is 13.0 Å². The van der Waals surface area contributed by atoms with Gasteiger partial charge in [-0.3, -0.25) is 4.79 Å². The monoisotopic (exact) mass is 278 g/mol. The van der Waals surface area contributed by atoms with E-state index < -0.39 is 23.7 Å². The van der Waals surface area contributed by atoms with Crippen LogP contribution in [0.3, 0.4) is 0 Å². The highest BCUT2D eigenvalue weighted by Crippen LogP contribution is 2.20. The van der Waals surface area contributed by atoms with Crippen molar-refractivity contribution in [3.8, 4) is 0 Å². The smallest absolute Gasteiger partial charge is 0.237 e. The second-order valence-electron chi connectivity index (χ2n) is 3.92. The third-order valence-corrected chi connectivity index (χ3v) is 2.48. The Kier molecular flexibility index (Phi) is 6.80. The minimum absolute atomic E-state index is 0. The summed E-state index contributed by atoms with van der Waals surface area (Å²) >= 11 is 0. The summed E-state index contributed by atoms with van der Waals surface area (Å²) in [6, 6.07) is 2.15. The van der Waals surface area contributed by atoms with Gasteiger partial charge in [0.15, 0.2) is 0 Å². The van der Waals surface area contributed by atoms with Crippen LogP contribution in [0, 0.1) is 11.6 Å². The van der Waals surface area contributed by atoms with Crippen LogP contribution in [0.4, 0.5) is 8.78 Å². The minimum atomic E-state index is -0.665. The van der Waals surface area contributed by atoms with E-state index in [-0.39, 0.29) is 23.9 Å². The molecule has 0 aliphatic rings. The second-order valence-corrected chi connectivity index (χ2v) is 3.92. The van der Waals surface area contributed by atoms with Crippen LogP contribution in [0.25, 0.3) is 0 Å². The number of amides is 1. The maximum Gasteiger partial charge on any atom is 0.237 e. The Bertz CT molecular complexity index is 413. The molecular formula is C12H17ClF2N2O. The lowest BCUT2D eigenvalue weighted by atomic mass is 10.0. The zero-order valence-corrected chi connectivity index (χ0v) is 11.1. The third kappa shape index (κ3) is 4.23. The first-order valence-corrected chi connectivity index (χ1v) is 5.46. The van der Waals surface area contributed by atoms with E-state index in [9.17, 15) is 13.6 Å². The van der Waals surface area contributed by atoms with Crippen LogP contribution >= 0.6 is 12.4 Å². The molecule has 1 unspecified atom stereocenters. The maximum absolute atomic E-state index is 13.5. The van der Waals surface area contributed by atoms with Crippen LogP contribution in [0.1, 0.15) is 31.9 Å². The highest BCUT2D eigenvalue weighted by Gasteiger charge is 2.18.